The molecule has 0 saturated heterocycles. The molecule has 0 saturated carbocycles. The first-order valence-corrected chi connectivity index (χ1v) is 9.70. The van der Waals surface area contributed by atoms with Crippen LogP contribution in [0.25, 0.3) is 22.4 Å². The highest BCUT2D eigenvalue weighted by Crippen LogP contribution is 2.26. The highest BCUT2D eigenvalue weighted by Gasteiger charge is 2.15. The van der Waals surface area contributed by atoms with Crippen molar-refractivity contribution in [3.8, 4) is 11.5 Å². The molecule has 2 aromatic heterocycles. The van der Waals surface area contributed by atoms with Gasteiger partial charge in [0.1, 0.15) is 11.5 Å². The van der Waals surface area contributed by atoms with Crippen LogP contribution in [-0.2, 0) is 0 Å². The summed E-state index contributed by atoms with van der Waals surface area (Å²) in [7, 11) is 0. The third kappa shape index (κ3) is 4.22. The zero-order chi connectivity index (χ0) is 20.9. The number of hydrogen-bond donors (Lipinski definition) is 2. The van der Waals surface area contributed by atoms with Crippen molar-refractivity contribution >= 4 is 22.7 Å². The zero-order valence-corrected chi connectivity index (χ0v) is 16.5. The van der Waals surface area contributed by atoms with Crippen molar-refractivity contribution in [1.82, 2.24) is 15.6 Å². The first-order chi connectivity index (χ1) is 14.6. The molecule has 0 bridgehead atoms. The number of carbonyl (C=O) groups is 2. The molecular formula is C24H21N3O3. The number of furan rings is 1. The van der Waals surface area contributed by atoms with Crippen LogP contribution in [0.15, 0.2) is 77.2 Å². The largest absolute Gasteiger partial charge is 0.460 e. The van der Waals surface area contributed by atoms with Crippen LogP contribution in [0.1, 0.15) is 26.5 Å². The molecule has 0 fully saturated rings. The monoisotopic (exact) mass is 399 g/mol. The van der Waals surface area contributed by atoms with Gasteiger partial charge in [-0.15, -0.1) is 0 Å². The van der Waals surface area contributed by atoms with Crippen molar-refractivity contribution in [2.45, 2.75) is 6.92 Å². The van der Waals surface area contributed by atoms with Crippen molar-refractivity contribution in [2.24, 2.45) is 0 Å². The Morgan fingerprint density at radius 1 is 0.867 bits per heavy atom. The maximum Gasteiger partial charge on any atom is 0.252 e. The Labute approximate surface area is 173 Å². The highest BCUT2D eigenvalue weighted by molar-refractivity contribution is 6.07. The summed E-state index contributed by atoms with van der Waals surface area (Å²) in [6.07, 6.45) is 0. The predicted octanol–water partition coefficient (Wildman–Crippen LogP) is 3.96. The van der Waals surface area contributed by atoms with E-state index in [4.69, 9.17) is 4.42 Å². The highest BCUT2D eigenvalue weighted by atomic mass is 16.3. The Morgan fingerprint density at radius 3 is 2.30 bits per heavy atom. The Bertz CT molecular complexity index is 1200. The third-order valence-corrected chi connectivity index (χ3v) is 4.69. The van der Waals surface area contributed by atoms with Gasteiger partial charge in [0.2, 0.25) is 0 Å². The number of amides is 2. The zero-order valence-electron chi connectivity index (χ0n) is 16.5. The fraction of sp³-hybridized carbons (Fsp3) is 0.125. The van der Waals surface area contributed by atoms with Gasteiger partial charge in [0, 0.05) is 24.0 Å². The van der Waals surface area contributed by atoms with Crippen molar-refractivity contribution in [1.29, 1.82) is 0 Å². The Balaban J connectivity index is 1.48. The average Bonchev–Trinajstić information content (AvgIpc) is 3.22. The Morgan fingerprint density at radius 2 is 1.57 bits per heavy atom. The molecule has 0 spiro atoms. The summed E-state index contributed by atoms with van der Waals surface area (Å²) in [6, 6.07) is 21.9. The van der Waals surface area contributed by atoms with Crippen LogP contribution < -0.4 is 10.6 Å². The van der Waals surface area contributed by atoms with Crippen LogP contribution in [0.2, 0.25) is 0 Å². The van der Waals surface area contributed by atoms with E-state index in [1.807, 2.05) is 61.5 Å². The van der Waals surface area contributed by atoms with Gasteiger partial charge in [-0.05, 0) is 43.3 Å². The molecule has 2 amide bonds. The van der Waals surface area contributed by atoms with Crippen molar-refractivity contribution < 1.29 is 14.0 Å². The molecule has 6 heteroatoms. The minimum atomic E-state index is -0.230. The van der Waals surface area contributed by atoms with Gasteiger partial charge in [-0.1, -0.05) is 36.4 Å². The fourth-order valence-electron chi connectivity index (χ4n) is 3.20. The Kier molecular flexibility index (Phi) is 5.57. The molecule has 0 radical (unpaired) electrons. The molecule has 4 rings (SSSR count). The number of rotatable bonds is 6. The third-order valence-electron chi connectivity index (χ3n) is 4.69. The molecule has 0 atom stereocenters. The summed E-state index contributed by atoms with van der Waals surface area (Å²) < 4.78 is 5.68. The van der Waals surface area contributed by atoms with E-state index in [0.29, 0.717) is 41.2 Å². The minimum absolute atomic E-state index is 0.172. The van der Waals surface area contributed by atoms with Crippen molar-refractivity contribution in [2.75, 3.05) is 13.1 Å². The van der Waals surface area contributed by atoms with E-state index in [1.54, 1.807) is 18.2 Å². The SMILES string of the molecule is Cc1ccc(-c2cc(C(=O)NCCNC(=O)c3ccccc3)c3ccccc3n2)o1. The predicted molar refractivity (Wildman–Crippen MR) is 115 cm³/mol. The van der Waals surface area contributed by atoms with Gasteiger partial charge in [0.25, 0.3) is 11.8 Å². The molecule has 2 aromatic carbocycles. The number of aromatic nitrogens is 1. The summed E-state index contributed by atoms with van der Waals surface area (Å²) in [5.41, 5.74) is 2.41. The molecule has 150 valence electrons. The first-order valence-electron chi connectivity index (χ1n) is 9.70. The molecule has 6 nitrogen and oxygen atoms in total. The van der Waals surface area contributed by atoms with Crippen LogP contribution >= 0.6 is 0 Å². The van der Waals surface area contributed by atoms with Gasteiger partial charge in [0.05, 0.1) is 11.1 Å². The minimum Gasteiger partial charge on any atom is -0.460 e. The van der Waals surface area contributed by atoms with Crippen molar-refractivity contribution in [3.63, 3.8) is 0 Å². The molecule has 0 aliphatic heterocycles. The van der Waals surface area contributed by atoms with E-state index < -0.39 is 0 Å². The molecule has 4 aromatic rings. The van der Waals surface area contributed by atoms with Gasteiger partial charge in [-0.2, -0.15) is 0 Å². The van der Waals surface area contributed by atoms with Gasteiger partial charge in [0.15, 0.2) is 5.76 Å². The molecule has 2 N–H and O–H groups in total. The normalized spacial score (nSPS) is 10.7. The molecule has 0 aliphatic carbocycles. The molecule has 0 aliphatic rings. The second-order valence-corrected chi connectivity index (χ2v) is 6.86. The summed E-state index contributed by atoms with van der Waals surface area (Å²) in [4.78, 5) is 29.6. The van der Waals surface area contributed by atoms with Crippen molar-refractivity contribution in [3.05, 3.63) is 89.7 Å². The lowest BCUT2D eigenvalue weighted by atomic mass is 10.1. The number of para-hydroxylation sites is 1. The first kappa shape index (κ1) is 19.4. The summed E-state index contributed by atoms with van der Waals surface area (Å²) in [5.74, 6) is 0.990. The van der Waals surface area contributed by atoms with E-state index in [9.17, 15) is 9.59 Å². The second-order valence-electron chi connectivity index (χ2n) is 6.86. The quantitative estimate of drug-likeness (QED) is 0.481. The number of aryl methyl sites for hydroxylation is 1. The van der Waals surface area contributed by atoms with E-state index in [2.05, 4.69) is 15.6 Å². The number of nitrogens with zero attached hydrogens (tertiary/aromatic N) is 1. The lowest BCUT2D eigenvalue weighted by Crippen LogP contribution is -2.34. The molecular weight excluding hydrogens is 378 g/mol. The van der Waals surface area contributed by atoms with Gasteiger partial charge >= 0.3 is 0 Å². The topological polar surface area (TPSA) is 84.2 Å². The average molecular weight is 399 g/mol. The summed E-state index contributed by atoms with van der Waals surface area (Å²) >= 11 is 0. The van der Waals surface area contributed by atoms with Gasteiger partial charge < -0.3 is 15.1 Å². The van der Waals surface area contributed by atoms with Crippen LogP contribution in [0.3, 0.4) is 0 Å². The second kappa shape index (κ2) is 8.61. The molecule has 0 unspecified atom stereocenters. The fourth-order valence-corrected chi connectivity index (χ4v) is 3.20. The lowest BCUT2D eigenvalue weighted by molar-refractivity contribution is 0.0928. The molecule has 2 heterocycles. The van der Waals surface area contributed by atoms with E-state index in [-0.39, 0.29) is 11.8 Å². The van der Waals surface area contributed by atoms with E-state index in [1.165, 1.54) is 0 Å². The standard InChI is InChI=1S/C24H21N3O3/c1-16-11-12-22(30-16)21-15-19(18-9-5-6-10-20(18)27-21)24(29)26-14-13-25-23(28)17-7-3-2-4-8-17/h2-12,15H,13-14H2,1H3,(H,25,28)(H,26,29). The number of hydrogen-bond acceptors (Lipinski definition) is 4. The lowest BCUT2D eigenvalue weighted by Gasteiger charge is -2.10. The number of nitrogens with one attached hydrogen (secondary N) is 2. The van der Waals surface area contributed by atoms with Gasteiger partial charge in [-0.3, -0.25) is 9.59 Å². The maximum absolute atomic E-state index is 12.9. The smallest absolute Gasteiger partial charge is 0.252 e. The number of pyridine rings is 1. The molecule has 30 heavy (non-hydrogen) atoms. The van der Waals surface area contributed by atoms with Crippen LogP contribution in [-0.4, -0.2) is 29.9 Å². The Hall–Kier alpha value is -3.93. The summed E-state index contributed by atoms with van der Waals surface area (Å²) in [5, 5.41) is 6.43. The maximum atomic E-state index is 12.9. The van der Waals surface area contributed by atoms with E-state index >= 15 is 0 Å². The summed E-state index contributed by atoms with van der Waals surface area (Å²) in [6.45, 7) is 2.50. The number of fused-ring (bicyclic) bond motifs is 1. The van der Waals surface area contributed by atoms with Crippen LogP contribution in [0, 0.1) is 6.92 Å². The van der Waals surface area contributed by atoms with E-state index in [0.717, 1.165) is 11.1 Å². The number of benzene rings is 2. The van der Waals surface area contributed by atoms with Crippen LogP contribution in [0.5, 0.6) is 0 Å². The number of carbonyl (C=O) groups excluding carboxylic acids is 2. The van der Waals surface area contributed by atoms with Crippen LogP contribution in [0.4, 0.5) is 0 Å². The van der Waals surface area contributed by atoms with Gasteiger partial charge in [-0.25, -0.2) is 4.98 Å².